The maximum atomic E-state index is 11.5. The summed E-state index contributed by atoms with van der Waals surface area (Å²) in [6.45, 7) is 17.4. The van der Waals surface area contributed by atoms with Crippen molar-refractivity contribution < 1.29 is 9.90 Å². The monoisotopic (exact) mass is 270 g/mol. The number of carboxylic acid groups (broad SMARTS) is 1. The van der Waals surface area contributed by atoms with Crippen molar-refractivity contribution in [3.63, 3.8) is 0 Å². The minimum atomic E-state index is -0.661. The second-order valence-electron chi connectivity index (χ2n) is 8.13. The van der Waals surface area contributed by atoms with Crippen molar-refractivity contribution in [2.45, 2.75) is 74.7 Å². The van der Waals surface area contributed by atoms with Crippen molar-refractivity contribution in [1.29, 1.82) is 0 Å². The first-order valence-corrected chi connectivity index (χ1v) is 7.65. The molecule has 0 aromatic carbocycles. The van der Waals surface area contributed by atoms with Gasteiger partial charge in [0.2, 0.25) is 0 Å². The lowest BCUT2D eigenvalue weighted by Crippen LogP contribution is -2.42. The summed E-state index contributed by atoms with van der Waals surface area (Å²) < 4.78 is 0. The van der Waals surface area contributed by atoms with E-state index in [9.17, 15) is 9.90 Å². The van der Waals surface area contributed by atoms with Gasteiger partial charge in [-0.15, -0.1) is 0 Å². The Bertz CT molecular complexity index is 281. The first-order valence-electron chi connectivity index (χ1n) is 7.65. The predicted octanol–water partition coefficient (Wildman–Crippen LogP) is 5.22. The van der Waals surface area contributed by atoms with Crippen LogP contribution in [-0.4, -0.2) is 11.1 Å². The summed E-state index contributed by atoms with van der Waals surface area (Å²) in [5.74, 6) is -0.304. The third-order valence-electron chi connectivity index (χ3n) is 4.34. The summed E-state index contributed by atoms with van der Waals surface area (Å²) in [5, 5.41) is 9.46. The molecule has 0 bridgehead atoms. The molecule has 0 aromatic heterocycles. The standard InChI is InChI=1S/C17H34O2/c1-9-10-11-13(16(3,4)5)14(17(6,7)8)12(2)15(18)19/h12-14H,9-11H2,1-8H3,(H,18,19). The summed E-state index contributed by atoms with van der Waals surface area (Å²) in [5.41, 5.74) is 0.167. The van der Waals surface area contributed by atoms with Gasteiger partial charge < -0.3 is 5.11 Å². The van der Waals surface area contributed by atoms with Gasteiger partial charge in [-0.05, 0) is 29.1 Å². The SMILES string of the molecule is CCCCC(C(C(C)C(=O)O)C(C)(C)C)C(C)(C)C. The smallest absolute Gasteiger partial charge is 0.306 e. The normalized spacial score (nSPS) is 17.9. The Kier molecular flexibility index (Phi) is 6.57. The fourth-order valence-electron chi connectivity index (χ4n) is 3.43. The highest BCUT2D eigenvalue weighted by atomic mass is 16.4. The maximum Gasteiger partial charge on any atom is 0.306 e. The van der Waals surface area contributed by atoms with Crippen LogP contribution in [0.15, 0.2) is 0 Å². The lowest BCUT2D eigenvalue weighted by atomic mass is 9.59. The van der Waals surface area contributed by atoms with E-state index in [-0.39, 0.29) is 22.7 Å². The molecule has 2 nitrogen and oxygen atoms in total. The number of carboxylic acids is 1. The average Bonchev–Trinajstić information content (AvgIpc) is 2.19. The van der Waals surface area contributed by atoms with Gasteiger partial charge in [0.05, 0.1) is 5.92 Å². The van der Waals surface area contributed by atoms with Gasteiger partial charge in [-0.25, -0.2) is 0 Å². The maximum absolute atomic E-state index is 11.5. The molecule has 0 spiro atoms. The van der Waals surface area contributed by atoms with E-state index in [4.69, 9.17) is 0 Å². The summed E-state index contributed by atoms with van der Waals surface area (Å²) >= 11 is 0. The largest absolute Gasteiger partial charge is 0.481 e. The number of unbranched alkanes of at least 4 members (excludes halogenated alkanes) is 1. The highest BCUT2D eigenvalue weighted by Gasteiger charge is 2.43. The van der Waals surface area contributed by atoms with Crippen LogP contribution in [-0.2, 0) is 4.79 Å². The first kappa shape index (κ1) is 18.5. The Hall–Kier alpha value is -0.530. The van der Waals surface area contributed by atoms with Gasteiger partial charge in [0.15, 0.2) is 0 Å². The van der Waals surface area contributed by atoms with Gasteiger partial charge in [-0.1, -0.05) is 68.2 Å². The van der Waals surface area contributed by atoms with E-state index in [1.165, 1.54) is 12.8 Å². The molecule has 0 heterocycles. The van der Waals surface area contributed by atoms with Gasteiger partial charge in [0, 0.05) is 0 Å². The molecule has 0 radical (unpaired) electrons. The zero-order valence-corrected chi connectivity index (χ0v) is 14.2. The van der Waals surface area contributed by atoms with Crippen LogP contribution in [0.3, 0.4) is 0 Å². The van der Waals surface area contributed by atoms with Crippen LogP contribution < -0.4 is 0 Å². The van der Waals surface area contributed by atoms with E-state index >= 15 is 0 Å². The zero-order chi connectivity index (χ0) is 15.4. The summed E-state index contributed by atoms with van der Waals surface area (Å²) in [7, 11) is 0. The van der Waals surface area contributed by atoms with E-state index in [0.717, 1.165) is 6.42 Å². The van der Waals surface area contributed by atoms with Crippen molar-refractivity contribution in [3.8, 4) is 0 Å². The summed E-state index contributed by atoms with van der Waals surface area (Å²) in [6, 6.07) is 0. The number of carbonyl (C=O) groups is 1. The fourth-order valence-corrected chi connectivity index (χ4v) is 3.43. The molecule has 3 unspecified atom stereocenters. The fraction of sp³-hybridized carbons (Fsp3) is 0.941. The van der Waals surface area contributed by atoms with Crippen molar-refractivity contribution in [2.24, 2.45) is 28.6 Å². The van der Waals surface area contributed by atoms with Crippen LogP contribution in [0.25, 0.3) is 0 Å². The van der Waals surface area contributed by atoms with Crippen molar-refractivity contribution in [2.75, 3.05) is 0 Å². The van der Waals surface area contributed by atoms with Gasteiger partial charge >= 0.3 is 5.97 Å². The quantitative estimate of drug-likeness (QED) is 0.718. The van der Waals surface area contributed by atoms with E-state index in [1.807, 2.05) is 6.92 Å². The minimum Gasteiger partial charge on any atom is -0.481 e. The minimum absolute atomic E-state index is 0.0174. The predicted molar refractivity (Wildman–Crippen MR) is 82.2 cm³/mol. The zero-order valence-electron chi connectivity index (χ0n) is 14.2. The van der Waals surface area contributed by atoms with Gasteiger partial charge in [0.1, 0.15) is 0 Å². The first-order chi connectivity index (χ1) is 8.42. The van der Waals surface area contributed by atoms with E-state index in [0.29, 0.717) is 5.92 Å². The molecule has 0 rings (SSSR count). The van der Waals surface area contributed by atoms with Crippen molar-refractivity contribution in [3.05, 3.63) is 0 Å². The number of hydrogen-bond acceptors (Lipinski definition) is 1. The molecule has 3 atom stereocenters. The highest BCUT2D eigenvalue weighted by Crippen LogP contribution is 2.47. The van der Waals surface area contributed by atoms with Crippen LogP contribution in [0.1, 0.15) is 74.7 Å². The highest BCUT2D eigenvalue weighted by molar-refractivity contribution is 5.70. The van der Waals surface area contributed by atoms with Gasteiger partial charge in [-0.2, -0.15) is 0 Å². The van der Waals surface area contributed by atoms with E-state index < -0.39 is 5.97 Å². The average molecular weight is 270 g/mol. The molecule has 0 saturated heterocycles. The van der Waals surface area contributed by atoms with Crippen LogP contribution in [0.5, 0.6) is 0 Å². The molecule has 0 fully saturated rings. The second kappa shape index (κ2) is 6.76. The molecule has 2 heteroatoms. The molecule has 114 valence electrons. The third kappa shape index (κ3) is 5.54. The summed E-state index contributed by atoms with van der Waals surface area (Å²) in [4.78, 5) is 11.5. The Morgan fingerprint density at radius 1 is 1.05 bits per heavy atom. The topological polar surface area (TPSA) is 37.3 Å². The third-order valence-corrected chi connectivity index (χ3v) is 4.34. The second-order valence-corrected chi connectivity index (χ2v) is 8.13. The molecule has 0 aliphatic rings. The lowest BCUT2D eigenvalue weighted by Gasteiger charge is -2.46. The van der Waals surface area contributed by atoms with Crippen molar-refractivity contribution >= 4 is 5.97 Å². The van der Waals surface area contributed by atoms with Crippen LogP contribution in [0.4, 0.5) is 0 Å². The van der Waals surface area contributed by atoms with Gasteiger partial charge in [0.25, 0.3) is 0 Å². The summed E-state index contributed by atoms with van der Waals surface area (Å²) in [6.07, 6.45) is 3.48. The van der Waals surface area contributed by atoms with Crippen LogP contribution in [0.2, 0.25) is 0 Å². The Labute approximate surface area is 120 Å². The molecule has 0 saturated carbocycles. The molecular weight excluding hydrogens is 236 g/mol. The van der Waals surface area contributed by atoms with E-state index in [1.54, 1.807) is 0 Å². The van der Waals surface area contributed by atoms with Gasteiger partial charge in [-0.3, -0.25) is 4.79 Å². The Morgan fingerprint density at radius 3 is 1.79 bits per heavy atom. The van der Waals surface area contributed by atoms with Crippen molar-refractivity contribution in [1.82, 2.24) is 0 Å². The molecular formula is C17H34O2. The molecule has 0 amide bonds. The van der Waals surface area contributed by atoms with Crippen LogP contribution >= 0.6 is 0 Å². The Morgan fingerprint density at radius 2 is 1.53 bits per heavy atom. The van der Waals surface area contributed by atoms with E-state index in [2.05, 4.69) is 48.5 Å². The molecule has 1 N–H and O–H groups in total. The number of rotatable bonds is 6. The Balaban J connectivity index is 5.43. The molecule has 0 aliphatic carbocycles. The molecule has 0 aromatic rings. The molecule has 0 aliphatic heterocycles. The number of aliphatic carboxylic acids is 1. The molecule has 19 heavy (non-hydrogen) atoms. The van der Waals surface area contributed by atoms with Crippen LogP contribution in [0, 0.1) is 28.6 Å². The number of hydrogen-bond donors (Lipinski definition) is 1. The lowest BCUT2D eigenvalue weighted by molar-refractivity contribution is -0.147.